The van der Waals surface area contributed by atoms with Gasteiger partial charge in [0.2, 0.25) is 5.91 Å². The molecule has 2 fully saturated rings. The highest BCUT2D eigenvalue weighted by Crippen LogP contribution is 2.42. The number of likely N-dealkylation sites (tertiary alicyclic amines) is 1. The summed E-state index contributed by atoms with van der Waals surface area (Å²) < 4.78 is 0. The van der Waals surface area contributed by atoms with Crippen molar-refractivity contribution >= 4 is 11.9 Å². The summed E-state index contributed by atoms with van der Waals surface area (Å²) in [5, 5.41) is 9.83. The van der Waals surface area contributed by atoms with Crippen LogP contribution in [-0.4, -0.2) is 64.5 Å². The molecule has 1 heterocycles. The van der Waals surface area contributed by atoms with Crippen molar-refractivity contribution in [2.45, 2.75) is 70.6 Å². The Kier molecular flexibility index (Phi) is 4.82. The molecule has 1 saturated carbocycles. The van der Waals surface area contributed by atoms with Crippen LogP contribution in [0.5, 0.6) is 0 Å². The molecule has 2 unspecified atom stereocenters. The van der Waals surface area contributed by atoms with Crippen LogP contribution >= 0.6 is 0 Å². The number of amides is 1. The number of nitrogens with two attached hydrogens (primary N) is 1. The Morgan fingerprint density at radius 3 is 2.50 bits per heavy atom. The largest absolute Gasteiger partial charge is 0.481 e. The Balaban J connectivity index is 2.22. The Morgan fingerprint density at radius 2 is 2.05 bits per heavy atom. The highest BCUT2D eigenvalue weighted by Gasteiger charge is 2.52. The van der Waals surface area contributed by atoms with Crippen LogP contribution in [0.2, 0.25) is 0 Å². The molecular weight excluding hydrogens is 282 g/mol. The van der Waals surface area contributed by atoms with Crippen LogP contribution in [0.15, 0.2) is 0 Å². The molecule has 6 heteroatoms. The lowest BCUT2D eigenvalue weighted by Crippen LogP contribution is -2.58. The van der Waals surface area contributed by atoms with Crippen LogP contribution in [0.1, 0.15) is 46.5 Å². The average molecular weight is 311 g/mol. The third-order valence-corrected chi connectivity index (χ3v) is 5.71. The summed E-state index contributed by atoms with van der Waals surface area (Å²) in [7, 11) is 2.05. The van der Waals surface area contributed by atoms with Gasteiger partial charge >= 0.3 is 5.97 Å². The second kappa shape index (κ2) is 6.16. The van der Waals surface area contributed by atoms with Gasteiger partial charge in [0.15, 0.2) is 0 Å². The van der Waals surface area contributed by atoms with E-state index >= 15 is 0 Å². The van der Waals surface area contributed by atoms with Crippen molar-refractivity contribution in [3.63, 3.8) is 0 Å². The predicted octanol–water partition coefficient (Wildman–Crippen LogP) is 0.898. The molecule has 4 atom stereocenters. The number of carboxylic acid groups (broad SMARTS) is 1. The minimum absolute atomic E-state index is 0.0897. The Bertz CT molecular complexity index is 454. The van der Waals surface area contributed by atoms with E-state index in [1.165, 1.54) is 0 Å². The number of carbonyl (C=O) groups is 2. The normalized spacial score (nSPS) is 36.4. The predicted molar refractivity (Wildman–Crippen MR) is 84.4 cm³/mol. The van der Waals surface area contributed by atoms with Gasteiger partial charge in [0.25, 0.3) is 0 Å². The van der Waals surface area contributed by atoms with E-state index in [0.29, 0.717) is 25.4 Å². The molecule has 0 radical (unpaired) electrons. The molecule has 1 aliphatic carbocycles. The molecule has 0 spiro atoms. The third kappa shape index (κ3) is 2.86. The van der Waals surface area contributed by atoms with Gasteiger partial charge in [0, 0.05) is 24.7 Å². The maximum Gasteiger partial charge on any atom is 0.311 e. The summed E-state index contributed by atoms with van der Waals surface area (Å²) in [5.41, 5.74) is 4.90. The quantitative estimate of drug-likeness (QED) is 0.805. The van der Waals surface area contributed by atoms with Gasteiger partial charge in [-0.1, -0.05) is 0 Å². The lowest BCUT2D eigenvalue weighted by atomic mass is 9.68. The first-order valence-electron chi connectivity index (χ1n) is 8.20. The van der Waals surface area contributed by atoms with Crippen molar-refractivity contribution < 1.29 is 14.7 Å². The van der Waals surface area contributed by atoms with Gasteiger partial charge < -0.3 is 20.6 Å². The van der Waals surface area contributed by atoms with Gasteiger partial charge in [-0.25, -0.2) is 0 Å². The van der Waals surface area contributed by atoms with Crippen LogP contribution < -0.4 is 5.73 Å². The van der Waals surface area contributed by atoms with E-state index in [-0.39, 0.29) is 18.0 Å². The summed E-state index contributed by atoms with van der Waals surface area (Å²) >= 11 is 0. The zero-order valence-corrected chi connectivity index (χ0v) is 14.1. The molecule has 2 rings (SSSR count). The van der Waals surface area contributed by atoms with Crippen LogP contribution in [0, 0.1) is 5.41 Å². The monoisotopic (exact) mass is 311 g/mol. The van der Waals surface area contributed by atoms with Gasteiger partial charge in [-0.15, -0.1) is 0 Å². The van der Waals surface area contributed by atoms with E-state index < -0.39 is 17.4 Å². The maximum absolute atomic E-state index is 12.2. The second-order valence-electron chi connectivity index (χ2n) is 7.36. The fraction of sp³-hybridized carbons (Fsp3) is 0.875. The van der Waals surface area contributed by atoms with E-state index in [4.69, 9.17) is 5.73 Å². The standard InChI is InChI=1S/C16H29N3O3/c1-10(2)18(4)11-5-6-13(16(3,9-11)15(21)22)19-8-7-12(17)14(19)20/h10-13H,5-9,17H2,1-4H3,(H,21,22)/t11-,12?,13+,16?/m1/s1. The van der Waals surface area contributed by atoms with Gasteiger partial charge in [-0.2, -0.15) is 0 Å². The van der Waals surface area contributed by atoms with Crippen molar-refractivity contribution in [2.75, 3.05) is 13.6 Å². The van der Waals surface area contributed by atoms with Crippen molar-refractivity contribution in [1.29, 1.82) is 0 Å². The molecule has 6 nitrogen and oxygen atoms in total. The minimum atomic E-state index is -0.911. The lowest BCUT2D eigenvalue weighted by molar-refractivity contribution is -0.159. The van der Waals surface area contributed by atoms with Crippen LogP contribution in [0.4, 0.5) is 0 Å². The SMILES string of the molecule is CC(C)N(C)[C@@H]1CC[C@H](N2CCC(N)C2=O)C(C)(C(=O)O)C1. The van der Waals surface area contributed by atoms with Gasteiger partial charge in [0.1, 0.15) is 0 Å². The number of carboxylic acids is 1. The first-order chi connectivity index (χ1) is 10.2. The molecule has 1 aliphatic heterocycles. The van der Waals surface area contributed by atoms with Gasteiger partial charge in [0.05, 0.1) is 11.5 Å². The Hall–Kier alpha value is -1.14. The highest BCUT2D eigenvalue weighted by atomic mass is 16.4. The summed E-state index contributed by atoms with van der Waals surface area (Å²) in [6.07, 6.45) is 2.84. The summed E-state index contributed by atoms with van der Waals surface area (Å²) in [6, 6.07) is -0.0952. The molecule has 0 aromatic heterocycles. The zero-order valence-electron chi connectivity index (χ0n) is 14.1. The summed E-state index contributed by atoms with van der Waals surface area (Å²) in [4.78, 5) is 28.2. The van der Waals surface area contributed by atoms with E-state index in [0.717, 1.165) is 12.8 Å². The number of carbonyl (C=O) groups excluding carboxylic acids is 1. The van der Waals surface area contributed by atoms with E-state index in [2.05, 4.69) is 25.8 Å². The first kappa shape index (κ1) is 17.2. The maximum atomic E-state index is 12.2. The number of rotatable bonds is 4. The Morgan fingerprint density at radius 1 is 1.41 bits per heavy atom. The minimum Gasteiger partial charge on any atom is -0.481 e. The molecule has 0 aromatic carbocycles. The number of hydrogen-bond donors (Lipinski definition) is 2. The number of nitrogens with zero attached hydrogens (tertiary/aromatic N) is 2. The van der Waals surface area contributed by atoms with Crippen molar-refractivity contribution in [3.8, 4) is 0 Å². The molecule has 1 saturated heterocycles. The number of hydrogen-bond acceptors (Lipinski definition) is 4. The molecule has 1 amide bonds. The lowest BCUT2D eigenvalue weighted by Gasteiger charge is -2.48. The highest BCUT2D eigenvalue weighted by molar-refractivity contribution is 5.85. The van der Waals surface area contributed by atoms with E-state index in [9.17, 15) is 14.7 Å². The fourth-order valence-electron chi connectivity index (χ4n) is 3.93. The molecular formula is C16H29N3O3. The van der Waals surface area contributed by atoms with Crippen LogP contribution in [-0.2, 0) is 9.59 Å². The van der Waals surface area contributed by atoms with Crippen LogP contribution in [0.3, 0.4) is 0 Å². The second-order valence-corrected chi connectivity index (χ2v) is 7.36. The molecule has 126 valence electrons. The van der Waals surface area contributed by atoms with Crippen LogP contribution in [0.25, 0.3) is 0 Å². The van der Waals surface area contributed by atoms with E-state index in [1.807, 2.05) is 0 Å². The summed E-state index contributed by atoms with van der Waals surface area (Å²) in [6.45, 7) is 6.61. The van der Waals surface area contributed by atoms with Gasteiger partial charge in [-0.05, 0) is 53.5 Å². The van der Waals surface area contributed by atoms with Gasteiger partial charge in [-0.3, -0.25) is 9.59 Å². The van der Waals surface area contributed by atoms with Crippen molar-refractivity contribution in [2.24, 2.45) is 11.1 Å². The molecule has 22 heavy (non-hydrogen) atoms. The Labute approximate surface area is 132 Å². The number of aliphatic carboxylic acids is 1. The first-order valence-corrected chi connectivity index (χ1v) is 8.20. The molecule has 0 bridgehead atoms. The van der Waals surface area contributed by atoms with Crippen molar-refractivity contribution in [3.05, 3.63) is 0 Å². The summed E-state index contributed by atoms with van der Waals surface area (Å²) in [5.74, 6) is -0.902. The molecule has 0 aromatic rings. The fourth-order valence-corrected chi connectivity index (χ4v) is 3.93. The zero-order chi connectivity index (χ0) is 16.7. The smallest absolute Gasteiger partial charge is 0.311 e. The molecule has 2 aliphatic rings. The third-order valence-electron chi connectivity index (χ3n) is 5.71. The van der Waals surface area contributed by atoms with E-state index in [1.54, 1.807) is 11.8 Å². The molecule has 3 N–H and O–H groups in total. The topological polar surface area (TPSA) is 86.9 Å². The van der Waals surface area contributed by atoms with Crippen molar-refractivity contribution in [1.82, 2.24) is 9.80 Å². The average Bonchev–Trinajstić information content (AvgIpc) is 2.78.